The normalized spacial score (nSPS) is 18.1. The average molecular weight is 285 g/mol. The van der Waals surface area contributed by atoms with E-state index in [2.05, 4.69) is 26.6 Å². The monoisotopic (exact) mass is 284 g/mol. The smallest absolute Gasteiger partial charge is 0.291 e. The molecule has 0 aromatic heterocycles. The highest BCUT2D eigenvalue weighted by Gasteiger charge is 2.23. The molecule has 0 saturated carbocycles. The number of carbonyl (C=O) groups excluding carboxylic acids is 2. The number of hydrogen-bond donors (Lipinski definition) is 2. The van der Waals surface area contributed by atoms with Crippen molar-refractivity contribution in [3.63, 3.8) is 0 Å². The van der Waals surface area contributed by atoms with Crippen molar-refractivity contribution in [2.24, 2.45) is 0 Å². The van der Waals surface area contributed by atoms with Gasteiger partial charge in [-0.3, -0.25) is 9.59 Å². The second-order valence-corrected chi connectivity index (χ2v) is 4.08. The molecule has 2 amide bonds. The molecular formula is C10H9BrN2O3. The lowest BCUT2D eigenvalue weighted by atomic mass is 10.2. The van der Waals surface area contributed by atoms with Crippen LogP contribution in [0.25, 0.3) is 0 Å². The highest BCUT2D eigenvalue weighted by atomic mass is 79.9. The number of rotatable bonds is 1. The predicted molar refractivity (Wildman–Crippen MR) is 63.1 cm³/mol. The average Bonchev–Trinajstić information content (AvgIpc) is 2.19. The van der Waals surface area contributed by atoms with E-state index >= 15 is 0 Å². The van der Waals surface area contributed by atoms with Gasteiger partial charge in [0.05, 0.1) is 5.69 Å². The fraction of sp³-hybridized carbons (Fsp3) is 0.200. The van der Waals surface area contributed by atoms with Crippen LogP contribution in [0.5, 0.6) is 5.75 Å². The molecule has 0 fully saturated rings. The summed E-state index contributed by atoms with van der Waals surface area (Å²) < 4.78 is 5.37. The summed E-state index contributed by atoms with van der Waals surface area (Å²) in [6.07, 6.45) is -0.496. The third kappa shape index (κ3) is 2.16. The first-order chi connectivity index (χ1) is 7.56. The molecule has 1 aliphatic rings. The molecule has 1 heterocycles. The zero-order valence-electron chi connectivity index (χ0n) is 8.41. The maximum atomic E-state index is 11.4. The molecule has 1 unspecified atom stereocenters. The summed E-state index contributed by atoms with van der Waals surface area (Å²) in [5.41, 5.74) is 1.14. The molecule has 5 nitrogen and oxygen atoms in total. The Labute approximate surface area is 100 Å². The number of anilines is 2. The Balaban J connectivity index is 2.29. The van der Waals surface area contributed by atoms with Crippen LogP contribution in [-0.2, 0) is 4.79 Å². The first kappa shape index (κ1) is 10.9. The molecule has 0 bridgehead atoms. The summed E-state index contributed by atoms with van der Waals surface area (Å²) in [6.45, 7) is 1.67. The van der Waals surface area contributed by atoms with E-state index in [0.29, 0.717) is 17.1 Å². The molecule has 1 atom stereocenters. The van der Waals surface area contributed by atoms with Gasteiger partial charge in [0.25, 0.3) is 10.7 Å². The molecule has 6 heteroatoms. The molecule has 2 N–H and O–H groups in total. The van der Waals surface area contributed by atoms with Crippen LogP contribution in [0, 0.1) is 0 Å². The van der Waals surface area contributed by atoms with Crippen molar-refractivity contribution < 1.29 is 14.3 Å². The summed E-state index contributed by atoms with van der Waals surface area (Å²) in [5.74, 6) is 0.398. The fourth-order valence-corrected chi connectivity index (χ4v) is 1.63. The van der Waals surface area contributed by atoms with Crippen LogP contribution < -0.4 is 15.4 Å². The Kier molecular flexibility index (Phi) is 2.82. The van der Waals surface area contributed by atoms with Crippen LogP contribution in [0.15, 0.2) is 18.2 Å². The van der Waals surface area contributed by atoms with Crippen LogP contribution in [-0.4, -0.2) is 16.8 Å². The first-order valence-corrected chi connectivity index (χ1v) is 5.43. The Hall–Kier alpha value is -1.56. The lowest BCUT2D eigenvalue weighted by molar-refractivity contribution is -0.122. The number of halogens is 1. The van der Waals surface area contributed by atoms with Crippen molar-refractivity contribution in [2.75, 3.05) is 10.6 Å². The summed E-state index contributed by atoms with van der Waals surface area (Å²) in [6, 6.07) is 5.03. The maximum absolute atomic E-state index is 11.4. The van der Waals surface area contributed by atoms with Crippen LogP contribution in [0.3, 0.4) is 0 Å². The van der Waals surface area contributed by atoms with E-state index in [1.807, 2.05) is 0 Å². The molecule has 0 saturated heterocycles. The summed E-state index contributed by atoms with van der Waals surface area (Å²) in [4.78, 5) is 21.8. The van der Waals surface area contributed by atoms with Crippen LogP contribution in [0.4, 0.5) is 16.2 Å². The second kappa shape index (κ2) is 4.13. The first-order valence-electron chi connectivity index (χ1n) is 4.64. The van der Waals surface area contributed by atoms with Gasteiger partial charge in [-0.15, -0.1) is 0 Å². The summed E-state index contributed by atoms with van der Waals surface area (Å²) in [7, 11) is 0. The van der Waals surface area contributed by atoms with Crippen LogP contribution in [0.1, 0.15) is 6.92 Å². The van der Waals surface area contributed by atoms with Gasteiger partial charge in [0, 0.05) is 21.6 Å². The molecule has 16 heavy (non-hydrogen) atoms. The molecule has 0 aliphatic carbocycles. The Morgan fingerprint density at radius 3 is 3.00 bits per heavy atom. The van der Waals surface area contributed by atoms with Crippen molar-refractivity contribution in [2.45, 2.75) is 13.0 Å². The molecule has 1 aromatic carbocycles. The number of ether oxygens (including phenoxy) is 1. The molecule has 84 valence electrons. The number of benzene rings is 1. The third-order valence-electron chi connectivity index (χ3n) is 2.15. The molecule has 2 rings (SSSR count). The number of amides is 2. The van der Waals surface area contributed by atoms with Gasteiger partial charge in [0.15, 0.2) is 6.10 Å². The van der Waals surface area contributed by atoms with E-state index in [9.17, 15) is 9.59 Å². The summed E-state index contributed by atoms with van der Waals surface area (Å²) in [5, 5.41) is 5.24. The van der Waals surface area contributed by atoms with Gasteiger partial charge in [0.1, 0.15) is 5.75 Å². The maximum Gasteiger partial charge on any atom is 0.291 e. The second-order valence-electron chi connectivity index (χ2n) is 3.36. The zero-order valence-corrected chi connectivity index (χ0v) is 10.00. The molecule has 1 aromatic rings. The quantitative estimate of drug-likeness (QED) is 0.614. The largest absolute Gasteiger partial charge is 0.479 e. The van der Waals surface area contributed by atoms with E-state index < -0.39 is 6.10 Å². The van der Waals surface area contributed by atoms with Gasteiger partial charge in [-0.05, 0) is 25.1 Å². The number of nitrogens with one attached hydrogen (secondary N) is 2. The van der Waals surface area contributed by atoms with Crippen LogP contribution >= 0.6 is 15.9 Å². The third-order valence-corrected chi connectivity index (χ3v) is 2.35. The van der Waals surface area contributed by atoms with Crippen molar-refractivity contribution in [1.29, 1.82) is 0 Å². The van der Waals surface area contributed by atoms with E-state index in [0.717, 1.165) is 0 Å². The van der Waals surface area contributed by atoms with Gasteiger partial charge in [-0.25, -0.2) is 0 Å². The van der Waals surface area contributed by atoms with Crippen molar-refractivity contribution in [3.05, 3.63) is 18.2 Å². The highest BCUT2D eigenvalue weighted by molar-refractivity contribution is 9.18. The van der Waals surface area contributed by atoms with E-state index in [1.54, 1.807) is 25.1 Å². The SMILES string of the molecule is CC1Oc2ccc(NC(=O)Br)cc2NC1=O. The van der Waals surface area contributed by atoms with Crippen molar-refractivity contribution in [3.8, 4) is 5.75 Å². The van der Waals surface area contributed by atoms with Gasteiger partial charge in [-0.1, -0.05) is 0 Å². The minimum absolute atomic E-state index is 0.199. The van der Waals surface area contributed by atoms with Gasteiger partial charge >= 0.3 is 0 Å². The topological polar surface area (TPSA) is 67.4 Å². The van der Waals surface area contributed by atoms with Gasteiger partial charge < -0.3 is 15.4 Å². The predicted octanol–water partition coefficient (Wildman–Crippen LogP) is 2.33. The highest BCUT2D eigenvalue weighted by Crippen LogP contribution is 2.32. The number of fused-ring (bicyclic) bond motifs is 1. The zero-order chi connectivity index (χ0) is 11.7. The van der Waals surface area contributed by atoms with E-state index in [1.165, 1.54) is 0 Å². The fourth-order valence-electron chi connectivity index (χ4n) is 1.40. The van der Waals surface area contributed by atoms with E-state index in [4.69, 9.17) is 4.74 Å². The Morgan fingerprint density at radius 2 is 2.31 bits per heavy atom. The van der Waals surface area contributed by atoms with Crippen molar-refractivity contribution in [1.82, 2.24) is 0 Å². The molecule has 0 radical (unpaired) electrons. The molecular weight excluding hydrogens is 276 g/mol. The van der Waals surface area contributed by atoms with Crippen molar-refractivity contribution >= 4 is 38.0 Å². The number of carbonyl (C=O) groups is 2. The minimum atomic E-state index is -0.496. The van der Waals surface area contributed by atoms with Crippen LogP contribution in [0.2, 0.25) is 0 Å². The van der Waals surface area contributed by atoms with Gasteiger partial charge in [0.2, 0.25) is 0 Å². The van der Waals surface area contributed by atoms with E-state index in [-0.39, 0.29) is 10.7 Å². The number of hydrogen-bond acceptors (Lipinski definition) is 3. The minimum Gasteiger partial charge on any atom is -0.479 e. The molecule has 0 spiro atoms. The van der Waals surface area contributed by atoms with Gasteiger partial charge in [-0.2, -0.15) is 0 Å². The Bertz CT molecular complexity index is 461. The lowest BCUT2D eigenvalue weighted by Gasteiger charge is -2.23. The summed E-state index contributed by atoms with van der Waals surface area (Å²) >= 11 is 2.76. The lowest BCUT2D eigenvalue weighted by Crippen LogP contribution is -2.34. The molecule has 1 aliphatic heterocycles. The Morgan fingerprint density at radius 1 is 1.56 bits per heavy atom. The standard InChI is InChI=1S/C10H9BrN2O3/c1-5-9(14)13-7-4-6(12-10(11)15)2-3-8(7)16-5/h2-5H,1H3,(H,12,15)(H,13,14).